The van der Waals surface area contributed by atoms with Gasteiger partial charge in [0.2, 0.25) is 0 Å². The number of allylic oxidation sites excluding steroid dienone is 1. The highest BCUT2D eigenvalue weighted by Crippen LogP contribution is 2.24. The Morgan fingerprint density at radius 2 is 1.47 bits per heavy atom. The van der Waals surface area contributed by atoms with Crippen molar-refractivity contribution in [2.45, 2.75) is 45.4 Å². The molecule has 170 valence electrons. The van der Waals surface area contributed by atoms with E-state index in [4.69, 9.17) is 0 Å². The Hall–Kier alpha value is -3.63. The molecule has 0 spiro atoms. The largest absolute Gasteiger partial charge is 0.205 e. The van der Waals surface area contributed by atoms with Crippen LogP contribution in [0.4, 0.5) is 4.39 Å². The van der Waals surface area contributed by atoms with Gasteiger partial charge in [0.05, 0.1) is 5.56 Å². The van der Waals surface area contributed by atoms with Crippen LogP contribution in [0.1, 0.15) is 54.9 Å². The van der Waals surface area contributed by atoms with E-state index in [1.165, 1.54) is 36.0 Å². The fourth-order valence-electron chi connectivity index (χ4n) is 4.19. The summed E-state index contributed by atoms with van der Waals surface area (Å²) in [7, 11) is 0. The minimum atomic E-state index is -0.254. The maximum Gasteiger partial charge on any atom is 0.146 e. The van der Waals surface area contributed by atoms with Crippen LogP contribution < -0.4 is 0 Å². The molecule has 0 nitrogen and oxygen atoms in total. The highest BCUT2D eigenvalue weighted by Gasteiger charge is 2.06. The average Bonchev–Trinajstić information content (AvgIpc) is 2.88. The topological polar surface area (TPSA) is 0 Å². The predicted molar refractivity (Wildman–Crippen MR) is 144 cm³/mol. The van der Waals surface area contributed by atoms with Crippen molar-refractivity contribution in [1.29, 1.82) is 0 Å². The monoisotopic (exact) mass is 446 g/mol. The molecule has 0 heterocycles. The van der Waals surface area contributed by atoms with Gasteiger partial charge in [0.15, 0.2) is 0 Å². The maximum atomic E-state index is 15.1. The molecule has 0 saturated carbocycles. The fourth-order valence-corrected chi connectivity index (χ4v) is 4.19. The molecule has 34 heavy (non-hydrogen) atoms. The standard InChI is InChI=1S/C33H31F/c1-3-5-7-9-25-10-16-28(17-11-25)29-18-12-26(13-19-29)14-20-30-21-22-31-24-27(8-6-4-2)15-23-32(31)33(30)34/h4,10-13,15-19,21-24H,2-3,5-9H2,1H3. The summed E-state index contributed by atoms with van der Waals surface area (Å²) in [4.78, 5) is 0. The second-order valence-corrected chi connectivity index (χ2v) is 8.79. The van der Waals surface area contributed by atoms with Gasteiger partial charge in [0, 0.05) is 10.9 Å². The van der Waals surface area contributed by atoms with E-state index >= 15 is 4.39 Å². The van der Waals surface area contributed by atoms with Crippen LogP contribution in [0.25, 0.3) is 21.9 Å². The van der Waals surface area contributed by atoms with Crippen molar-refractivity contribution in [2.24, 2.45) is 0 Å². The Labute approximate surface area is 203 Å². The number of aryl methyl sites for hydroxylation is 2. The summed E-state index contributed by atoms with van der Waals surface area (Å²) >= 11 is 0. The number of hydrogen-bond acceptors (Lipinski definition) is 0. The van der Waals surface area contributed by atoms with Crippen molar-refractivity contribution >= 4 is 10.8 Å². The van der Waals surface area contributed by atoms with Crippen LogP contribution in [-0.4, -0.2) is 0 Å². The molecule has 0 aliphatic carbocycles. The van der Waals surface area contributed by atoms with Crippen LogP contribution in [0.5, 0.6) is 0 Å². The zero-order valence-electron chi connectivity index (χ0n) is 19.9. The minimum Gasteiger partial charge on any atom is -0.205 e. The van der Waals surface area contributed by atoms with Crippen molar-refractivity contribution in [2.75, 3.05) is 0 Å². The molecule has 0 amide bonds. The third-order valence-electron chi connectivity index (χ3n) is 6.24. The Bertz CT molecular complexity index is 1320. The van der Waals surface area contributed by atoms with E-state index in [1.807, 2.05) is 36.4 Å². The van der Waals surface area contributed by atoms with Gasteiger partial charge in [-0.2, -0.15) is 0 Å². The lowest BCUT2D eigenvalue weighted by Gasteiger charge is -2.05. The molecule has 0 aliphatic rings. The number of rotatable bonds is 8. The van der Waals surface area contributed by atoms with E-state index in [0.717, 1.165) is 35.8 Å². The van der Waals surface area contributed by atoms with Crippen molar-refractivity contribution in [3.8, 4) is 23.0 Å². The molecule has 0 unspecified atom stereocenters. The third kappa shape index (κ3) is 5.83. The first kappa shape index (κ1) is 23.5. The van der Waals surface area contributed by atoms with Crippen molar-refractivity contribution < 1.29 is 4.39 Å². The molecule has 0 radical (unpaired) electrons. The highest BCUT2D eigenvalue weighted by atomic mass is 19.1. The first-order valence-electron chi connectivity index (χ1n) is 12.2. The summed E-state index contributed by atoms with van der Waals surface area (Å²) in [5, 5.41) is 1.52. The van der Waals surface area contributed by atoms with Gasteiger partial charge in [-0.1, -0.05) is 98.3 Å². The second kappa shape index (κ2) is 11.5. The molecule has 0 saturated heterocycles. The minimum absolute atomic E-state index is 0.254. The fraction of sp³-hybridized carbons (Fsp3) is 0.212. The van der Waals surface area contributed by atoms with E-state index in [9.17, 15) is 0 Å². The maximum absolute atomic E-state index is 15.1. The number of benzene rings is 4. The molecule has 4 aromatic rings. The first-order chi connectivity index (χ1) is 16.7. The Morgan fingerprint density at radius 1 is 0.765 bits per heavy atom. The van der Waals surface area contributed by atoms with Gasteiger partial charge in [0.1, 0.15) is 5.82 Å². The predicted octanol–water partition coefficient (Wildman–Crippen LogP) is 8.90. The summed E-state index contributed by atoms with van der Waals surface area (Å²) in [6, 6.07) is 26.6. The Balaban J connectivity index is 1.48. The third-order valence-corrected chi connectivity index (χ3v) is 6.24. The Morgan fingerprint density at radius 3 is 2.18 bits per heavy atom. The van der Waals surface area contributed by atoms with Gasteiger partial charge in [-0.3, -0.25) is 0 Å². The van der Waals surface area contributed by atoms with Crippen molar-refractivity contribution in [1.82, 2.24) is 0 Å². The molecule has 0 fully saturated rings. The van der Waals surface area contributed by atoms with Gasteiger partial charge in [-0.25, -0.2) is 4.39 Å². The lowest BCUT2D eigenvalue weighted by atomic mass is 10.00. The van der Waals surface area contributed by atoms with Crippen LogP contribution >= 0.6 is 0 Å². The number of halogens is 1. The van der Waals surface area contributed by atoms with Gasteiger partial charge >= 0.3 is 0 Å². The van der Waals surface area contributed by atoms with Gasteiger partial charge < -0.3 is 0 Å². The molecule has 4 rings (SSSR count). The number of fused-ring (bicyclic) bond motifs is 1. The second-order valence-electron chi connectivity index (χ2n) is 8.79. The quantitative estimate of drug-likeness (QED) is 0.144. The molecule has 0 aromatic heterocycles. The smallest absolute Gasteiger partial charge is 0.146 e. The molecular weight excluding hydrogens is 415 g/mol. The van der Waals surface area contributed by atoms with Crippen molar-refractivity contribution in [3.63, 3.8) is 0 Å². The van der Waals surface area contributed by atoms with Crippen LogP contribution in [-0.2, 0) is 12.8 Å². The van der Waals surface area contributed by atoms with E-state index in [0.29, 0.717) is 10.9 Å². The van der Waals surface area contributed by atoms with E-state index in [2.05, 4.69) is 67.8 Å². The van der Waals surface area contributed by atoms with Crippen LogP contribution in [0, 0.1) is 17.7 Å². The van der Waals surface area contributed by atoms with Gasteiger partial charge in [-0.15, -0.1) is 6.58 Å². The summed E-state index contributed by atoms with van der Waals surface area (Å²) in [5.41, 5.74) is 6.25. The van der Waals surface area contributed by atoms with Crippen LogP contribution in [0.3, 0.4) is 0 Å². The normalized spacial score (nSPS) is 10.6. The lowest BCUT2D eigenvalue weighted by Crippen LogP contribution is -1.89. The first-order valence-corrected chi connectivity index (χ1v) is 12.2. The van der Waals surface area contributed by atoms with E-state index in [-0.39, 0.29) is 5.82 Å². The number of unbranched alkanes of at least 4 members (excludes halogenated alkanes) is 2. The summed E-state index contributed by atoms with van der Waals surface area (Å²) in [5.74, 6) is 5.89. The molecule has 0 bridgehead atoms. The number of hydrogen-bond donors (Lipinski definition) is 0. The van der Waals surface area contributed by atoms with Crippen LogP contribution in [0.15, 0.2) is 91.5 Å². The van der Waals surface area contributed by atoms with E-state index in [1.54, 1.807) is 6.07 Å². The average molecular weight is 447 g/mol. The summed E-state index contributed by atoms with van der Waals surface area (Å²) in [6.45, 7) is 6.00. The van der Waals surface area contributed by atoms with Gasteiger partial charge in [0.25, 0.3) is 0 Å². The lowest BCUT2D eigenvalue weighted by molar-refractivity contribution is 0.636. The molecule has 4 aromatic carbocycles. The molecule has 0 aliphatic heterocycles. The summed E-state index contributed by atoms with van der Waals surface area (Å²) < 4.78 is 15.1. The molecule has 1 heteroatoms. The zero-order valence-corrected chi connectivity index (χ0v) is 19.9. The van der Waals surface area contributed by atoms with Crippen molar-refractivity contribution in [3.05, 3.63) is 120 Å². The van der Waals surface area contributed by atoms with E-state index < -0.39 is 0 Å². The molecule has 0 N–H and O–H groups in total. The molecular formula is C33H31F. The summed E-state index contributed by atoms with van der Waals surface area (Å²) in [6.07, 6.45) is 8.66. The SMILES string of the molecule is C=CCCc1ccc2c(F)c(C#Cc3ccc(-c4ccc(CCCCC)cc4)cc3)ccc2c1. The van der Waals surface area contributed by atoms with Crippen LogP contribution in [0.2, 0.25) is 0 Å². The Kier molecular flexibility index (Phi) is 7.95. The zero-order chi connectivity index (χ0) is 23.8. The van der Waals surface area contributed by atoms with Gasteiger partial charge in [-0.05, 0) is 71.5 Å². The highest BCUT2D eigenvalue weighted by molar-refractivity contribution is 5.85. The molecule has 0 atom stereocenters.